The number of carbonyl (C=O) groups excluding carboxylic acids is 1. The molecule has 118 valence electrons. The van der Waals surface area contributed by atoms with Crippen LogP contribution in [0.1, 0.15) is 63.6 Å². The van der Waals surface area contributed by atoms with E-state index in [1.165, 1.54) is 4.57 Å². The van der Waals surface area contributed by atoms with E-state index in [1.807, 2.05) is 41.5 Å². The van der Waals surface area contributed by atoms with E-state index in [-0.39, 0.29) is 5.25 Å². The summed E-state index contributed by atoms with van der Waals surface area (Å²) >= 11 is 4.42. The number of carbonyl (C=O) groups is 1. The fourth-order valence-corrected chi connectivity index (χ4v) is 1.99. The van der Waals surface area contributed by atoms with Gasteiger partial charge in [-0.3, -0.25) is 4.57 Å². The Morgan fingerprint density at radius 1 is 1.33 bits per heavy atom. The molecule has 0 bridgehead atoms. The molecule has 1 heterocycles. The molecule has 1 aromatic heterocycles. The highest BCUT2D eigenvalue weighted by Gasteiger charge is 2.22. The molecule has 1 aromatic rings. The molecule has 0 N–H and O–H groups in total. The highest BCUT2D eigenvalue weighted by Crippen LogP contribution is 2.29. The van der Waals surface area contributed by atoms with Gasteiger partial charge in [0.2, 0.25) is 0 Å². The van der Waals surface area contributed by atoms with E-state index >= 15 is 0 Å². The Balaban J connectivity index is 0.00000191. The normalized spacial score (nSPS) is 12.0. The smallest absolute Gasteiger partial charge is 0.419 e. The van der Waals surface area contributed by atoms with Crippen molar-refractivity contribution in [1.82, 2.24) is 4.57 Å². The fourth-order valence-electron chi connectivity index (χ4n) is 1.78. The van der Waals surface area contributed by atoms with E-state index in [9.17, 15) is 4.79 Å². The van der Waals surface area contributed by atoms with Crippen LogP contribution in [0.3, 0.4) is 0 Å². The first-order chi connectivity index (χ1) is 9.71. The van der Waals surface area contributed by atoms with Gasteiger partial charge in [0.1, 0.15) is 5.60 Å². The Labute approximate surface area is 134 Å². The molecule has 3 nitrogen and oxygen atoms in total. The molecule has 4 heteroatoms. The summed E-state index contributed by atoms with van der Waals surface area (Å²) in [7, 11) is 0. The maximum atomic E-state index is 12.2. The molecule has 0 aromatic carbocycles. The van der Waals surface area contributed by atoms with Crippen LogP contribution in [0.15, 0.2) is 19.4 Å². The second kappa shape index (κ2) is 8.13. The lowest BCUT2D eigenvalue weighted by molar-refractivity contribution is 0.0536. The molecule has 0 aliphatic heterocycles. The minimum absolute atomic E-state index is 0.00427. The predicted octanol–water partition coefficient (Wildman–Crippen LogP) is 5.57. The highest BCUT2D eigenvalue weighted by molar-refractivity contribution is 7.80. The van der Waals surface area contributed by atoms with Gasteiger partial charge in [0.15, 0.2) is 0 Å². The van der Waals surface area contributed by atoms with Crippen molar-refractivity contribution in [2.45, 2.75) is 52.4 Å². The molecule has 0 aliphatic carbocycles. The standard InChI is InChI=1S/C15H21NO2S.C2H6/c1-7-11-12(10(3)19)9-16(13(11)8-2)14(17)18-15(4,5)6;1-2/h7-10,19H,1-2H2,3-6H3;1-2H3. The maximum Gasteiger partial charge on any atom is 0.419 e. The third-order valence-corrected chi connectivity index (χ3v) is 2.83. The molecular weight excluding hydrogens is 282 g/mol. The number of aromatic nitrogens is 1. The van der Waals surface area contributed by atoms with Gasteiger partial charge in [-0.25, -0.2) is 4.79 Å². The van der Waals surface area contributed by atoms with Gasteiger partial charge in [-0.05, 0) is 39.3 Å². The number of hydrogen-bond acceptors (Lipinski definition) is 3. The Morgan fingerprint density at radius 2 is 1.86 bits per heavy atom. The molecule has 0 saturated heterocycles. The van der Waals surface area contributed by atoms with Crippen LogP contribution in [0.5, 0.6) is 0 Å². The van der Waals surface area contributed by atoms with E-state index in [0.29, 0.717) is 5.69 Å². The van der Waals surface area contributed by atoms with Crippen molar-refractivity contribution >= 4 is 30.9 Å². The summed E-state index contributed by atoms with van der Waals surface area (Å²) in [4.78, 5) is 12.2. The van der Waals surface area contributed by atoms with Crippen LogP contribution >= 0.6 is 12.6 Å². The Bertz CT molecular complexity index is 508. The number of thiol groups is 1. The Hall–Kier alpha value is -1.42. The Kier molecular flexibility index (Phi) is 7.58. The molecule has 0 radical (unpaired) electrons. The quantitative estimate of drug-likeness (QED) is 0.740. The topological polar surface area (TPSA) is 31.2 Å². The van der Waals surface area contributed by atoms with E-state index < -0.39 is 11.7 Å². The number of nitrogens with zero attached hydrogens (tertiary/aromatic N) is 1. The minimum atomic E-state index is -0.541. The summed E-state index contributed by atoms with van der Waals surface area (Å²) in [5.41, 5.74) is 1.93. The zero-order valence-corrected chi connectivity index (χ0v) is 14.8. The average Bonchev–Trinajstić information content (AvgIpc) is 2.77. The first kappa shape index (κ1) is 19.6. The fraction of sp³-hybridized carbons (Fsp3) is 0.471. The third kappa shape index (κ3) is 5.12. The van der Waals surface area contributed by atoms with Gasteiger partial charge in [0, 0.05) is 17.0 Å². The molecule has 1 unspecified atom stereocenters. The largest absolute Gasteiger partial charge is 0.443 e. The van der Waals surface area contributed by atoms with Gasteiger partial charge in [-0.1, -0.05) is 33.1 Å². The molecule has 0 fully saturated rings. The van der Waals surface area contributed by atoms with Crippen LogP contribution in [0, 0.1) is 0 Å². The predicted molar refractivity (Wildman–Crippen MR) is 95.0 cm³/mol. The SMILES string of the molecule is C=Cc1c(C(C)S)cn(C(=O)OC(C)(C)C)c1C=C.CC. The first-order valence-corrected chi connectivity index (χ1v) is 7.64. The van der Waals surface area contributed by atoms with Crippen molar-refractivity contribution in [3.8, 4) is 0 Å². The van der Waals surface area contributed by atoms with Gasteiger partial charge in [0.25, 0.3) is 0 Å². The summed E-state index contributed by atoms with van der Waals surface area (Å²) in [5.74, 6) is 0. The third-order valence-electron chi connectivity index (χ3n) is 2.55. The van der Waals surface area contributed by atoms with Crippen molar-refractivity contribution in [2.24, 2.45) is 0 Å². The average molecular weight is 309 g/mol. The van der Waals surface area contributed by atoms with Crippen LogP contribution in [-0.2, 0) is 4.74 Å². The van der Waals surface area contributed by atoms with Gasteiger partial charge in [-0.2, -0.15) is 12.6 Å². The maximum absolute atomic E-state index is 12.2. The highest BCUT2D eigenvalue weighted by atomic mass is 32.1. The summed E-state index contributed by atoms with van der Waals surface area (Å²) < 4.78 is 6.83. The molecule has 0 spiro atoms. The second-order valence-corrected chi connectivity index (χ2v) is 6.09. The summed E-state index contributed by atoms with van der Waals surface area (Å²) in [6.45, 7) is 19.0. The second-order valence-electron chi connectivity index (χ2n) is 5.32. The van der Waals surface area contributed by atoms with E-state index in [2.05, 4.69) is 25.8 Å². The molecule has 21 heavy (non-hydrogen) atoms. The van der Waals surface area contributed by atoms with Crippen LogP contribution in [0.4, 0.5) is 4.79 Å². The van der Waals surface area contributed by atoms with Crippen molar-refractivity contribution in [2.75, 3.05) is 0 Å². The van der Waals surface area contributed by atoms with Gasteiger partial charge < -0.3 is 4.74 Å². The van der Waals surface area contributed by atoms with E-state index in [1.54, 1.807) is 18.3 Å². The van der Waals surface area contributed by atoms with Gasteiger partial charge >= 0.3 is 6.09 Å². The van der Waals surface area contributed by atoms with Crippen molar-refractivity contribution < 1.29 is 9.53 Å². The lowest BCUT2D eigenvalue weighted by atomic mass is 10.1. The summed E-state index contributed by atoms with van der Waals surface area (Å²) in [5, 5.41) is -0.00427. The van der Waals surface area contributed by atoms with E-state index in [0.717, 1.165) is 11.1 Å². The Morgan fingerprint density at radius 3 is 2.19 bits per heavy atom. The monoisotopic (exact) mass is 309 g/mol. The van der Waals surface area contributed by atoms with Crippen LogP contribution in [-0.4, -0.2) is 16.3 Å². The number of rotatable bonds is 3. The van der Waals surface area contributed by atoms with Gasteiger partial charge in [-0.15, -0.1) is 0 Å². The van der Waals surface area contributed by atoms with Crippen molar-refractivity contribution in [3.63, 3.8) is 0 Å². The van der Waals surface area contributed by atoms with Crippen molar-refractivity contribution in [1.29, 1.82) is 0 Å². The molecule has 0 aliphatic rings. The molecular formula is C17H27NO2S. The van der Waals surface area contributed by atoms with Gasteiger partial charge in [0.05, 0.1) is 5.69 Å². The molecule has 0 amide bonds. The zero-order valence-electron chi connectivity index (χ0n) is 13.9. The number of ether oxygens (including phenoxy) is 1. The minimum Gasteiger partial charge on any atom is -0.443 e. The van der Waals surface area contributed by atoms with Crippen LogP contribution in [0.2, 0.25) is 0 Å². The first-order valence-electron chi connectivity index (χ1n) is 7.12. The van der Waals surface area contributed by atoms with Crippen LogP contribution < -0.4 is 0 Å². The van der Waals surface area contributed by atoms with E-state index in [4.69, 9.17) is 4.74 Å². The van der Waals surface area contributed by atoms with Crippen LogP contribution in [0.25, 0.3) is 12.2 Å². The van der Waals surface area contributed by atoms with Crippen molar-refractivity contribution in [3.05, 3.63) is 36.2 Å². The number of hydrogen-bond donors (Lipinski definition) is 1. The lowest BCUT2D eigenvalue weighted by Gasteiger charge is -2.20. The zero-order chi connectivity index (χ0) is 16.8. The summed E-state index contributed by atoms with van der Waals surface area (Å²) in [6, 6.07) is 0. The lowest BCUT2D eigenvalue weighted by Crippen LogP contribution is -2.27. The summed E-state index contributed by atoms with van der Waals surface area (Å²) in [6.07, 6.45) is 4.64. The molecule has 1 atom stereocenters. The molecule has 0 saturated carbocycles. The molecule has 1 rings (SSSR count).